The Morgan fingerprint density at radius 1 is 0.755 bits per heavy atom. The number of Topliss-reactive ketones (excluding diaryl/α,β-unsaturated/α-hetero) is 2. The summed E-state index contributed by atoms with van der Waals surface area (Å²) in [6, 6.07) is 13.6. The van der Waals surface area contributed by atoms with Crippen molar-refractivity contribution >= 4 is 60.4 Å². The first-order valence-electron chi connectivity index (χ1n) is 19.4. The Labute approximate surface area is 322 Å². The second kappa shape index (κ2) is 15.4. The van der Waals surface area contributed by atoms with Crippen LogP contribution >= 0.6 is 15.9 Å². The van der Waals surface area contributed by atoms with E-state index < -0.39 is 0 Å². The van der Waals surface area contributed by atoms with E-state index in [0.29, 0.717) is 24.9 Å². The van der Waals surface area contributed by atoms with Crippen molar-refractivity contribution in [3.63, 3.8) is 0 Å². The zero-order valence-corrected chi connectivity index (χ0v) is 33.7. The van der Waals surface area contributed by atoms with Crippen LogP contribution in [0.5, 0.6) is 0 Å². The number of rotatable bonds is 10. The number of aromatic nitrogens is 2. The van der Waals surface area contributed by atoms with Gasteiger partial charge in [-0.2, -0.15) is 0 Å². The van der Waals surface area contributed by atoms with Gasteiger partial charge in [0, 0.05) is 105 Å². The molecule has 4 aromatic rings. The molecule has 2 aliphatic heterocycles. The van der Waals surface area contributed by atoms with E-state index in [1.165, 1.54) is 55.2 Å². The maximum absolute atomic E-state index is 12.9. The van der Waals surface area contributed by atoms with Gasteiger partial charge in [-0.05, 0) is 100 Å². The topological polar surface area (TPSA) is 90.9 Å². The fourth-order valence-electron chi connectivity index (χ4n) is 9.43. The molecule has 4 unspecified atom stereocenters. The van der Waals surface area contributed by atoms with Crippen molar-refractivity contribution < 1.29 is 19.8 Å². The van der Waals surface area contributed by atoms with Crippen molar-refractivity contribution in [2.75, 3.05) is 40.4 Å². The van der Waals surface area contributed by atoms with Crippen LogP contribution < -0.4 is 0 Å². The Hall–Kier alpha value is -3.34. The van der Waals surface area contributed by atoms with Crippen molar-refractivity contribution in [2.45, 2.75) is 64.5 Å². The van der Waals surface area contributed by atoms with Crippen LogP contribution in [0.15, 0.2) is 59.4 Å². The molecule has 282 valence electrons. The van der Waals surface area contributed by atoms with E-state index in [9.17, 15) is 19.8 Å². The van der Waals surface area contributed by atoms with Gasteiger partial charge in [-0.1, -0.05) is 63.1 Å². The molecule has 4 heterocycles. The molecule has 6 atom stereocenters. The Morgan fingerprint density at radius 3 is 1.79 bits per heavy atom. The molecular weight excluding hydrogens is 728 g/mol. The zero-order chi connectivity index (χ0) is 37.7. The molecule has 2 aromatic carbocycles. The lowest BCUT2D eigenvalue weighted by atomic mass is 9.78. The van der Waals surface area contributed by atoms with Crippen molar-refractivity contribution in [1.82, 2.24) is 18.9 Å². The lowest BCUT2D eigenvalue weighted by Gasteiger charge is -2.39. The van der Waals surface area contributed by atoms with Gasteiger partial charge in [0.25, 0.3) is 0 Å². The maximum atomic E-state index is 12.9. The summed E-state index contributed by atoms with van der Waals surface area (Å²) in [5.41, 5.74) is 10.4. The first kappa shape index (κ1) is 38.0. The van der Waals surface area contributed by atoms with E-state index in [4.69, 9.17) is 0 Å². The molecule has 9 heteroatoms. The van der Waals surface area contributed by atoms with Crippen molar-refractivity contribution in [2.24, 2.45) is 37.8 Å². The standard InChI is InChI=1S/C22H27BrN2O2.C22H28N2O2/c1-4-13(12-26)8-20(27)14-9-16-15-6-5-7-18-21(15)17(22(23)25(18)3)10-19(16)24(2)11-14;1-4-14(13-25)8-21(26)15-9-18-17-6-5-7-19-22(17)16(12-23(19)2)10-20(18)24(3)11-15/h5-7,9,13-14,19,26H,4,8,10-12H2,1-3H3;5-7,9,12,14-15,20,25H,4,8,10-11,13H2,1-3H3/t13?,14?,19-;14?,15?,20-/m11/s1. The number of aliphatic hydroxyl groups excluding tert-OH is 2. The van der Waals surface area contributed by atoms with Gasteiger partial charge in [-0.25, -0.2) is 0 Å². The van der Waals surface area contributed by atoms with Crippen LogP contribution in [0.2, 0.25) is 0 Å². The highest BCUT2D eigenvalue weighted by Crippen LogP contribution is 2.45. The highest BCUT2D eigenvalue weighted by Gasteiger charge is 2.38. The number of aliphatic hydroxyl groups is 2. The summed E-state index contributed by atoms with van der Waals surface area (Å²) in [4.78, 5) is 30.4. The van der Waals surface area contributed by atoms with Crippen LogP contribution in [0.25, 0.3) is 33.0 Å². The van der Waals surface area contributed by atoms with Gasteiger partial charge >= 0.3 is 0 Å². The van der Waals surface area contributed by atoms with Gasteiger partial charge in [0.2, 0.25) is 0 Å². The second-order valence-electron chi connectivity index (χ2n) is 16.0. The Morgan fingerprint density at radius 2 is 1.26 bits per heavy atom. The van der Waals surface area contributed by atoms with Crippen LogP contribution in [-0.2, 0) is 36.5 Å². The van der Waals surface area contributed by atoms with Crippen LogP contribution in [0.4, 0.5) is 0 Å². The lowest BCUT2D eigenvalue weighted by Crippen LogP contribution is -2.44. The summed E-state index contributed by atoms with van der Waals surface area (Å²) < 4.78 is 5.58. The zero-order valence-electron chi connectivity index (χ0n) is 32.1. The van der Waals surface area contributed by atoms with E-state index in [0.717, 1.165) is 43.4 Å². The Balaban J connectivity index is 0.000000164. The van der Waals surface area contributed by atoms with E-state index in [2.05, 4.69) is 118 Å². The minimum absolute atomic E-state index is 0.0744. The van der Waals surface area contributed by atoms with Gasteiger partial charge in [-0.15, -0.1) is 0 Å². The molecule has 4 aliphatic rings. The fraction of sp³-hybridized carbons (Fsp3) is 0.500. The minimum Gasteiger partial charge on any atom is -0.396 e. The van der Waals surface area contributed by atoms with Gasteiger partial charge in [0.1, 0.15) is 11.6 Å². The third kappa shape index (κ3) is 6.82. The molecule has 8 nitrogen and oxygen atoms in total. The van der Waals surface area contributed by atoms with Gasteiger partial charge in [-0.3, -0.25) is 19.4 Å². The monoisotopic (exact) mass is 782 g/mol. The molecule has 0 radical (unpaired) electrons. The molecule has 53 heavy (non-hydrogen) atoms. The number of nitrogens with zero attached hydrogens (tertiary/aromatic N) is 4. The molecule has 0 amide bonds. The first-order chi connectivity index (χ1) is 25.5. The second-order valence-corrected chi connectivity index (χ2v) is 16.8. The molecule has 0 saturated heterocycles. The summed E-state index contributed by atoms with van der Waals surface area (Å²) in [5, 5.41) is 21.6. The predicted molar refractivity (Wildman–Crippen MR) is 218 cm³/mol. The number of halogens is 1. The number of aryl methyl sites for hydroxylation is 2. The minimum atomic E-state index is -0.0918. The van der Waals surface area contributed by atoms with Crippen molar-refractivity contribution in [3.8, 4) is 0 Å². The van der Waals surface area contributed by atoms with Crippen LogP contribution in [0.1, 0.15) is 61.8 Å². The molecule has 0 fully saturated rings. The van der Waals surface area contributed by atoms with Gasteiger partial charge in [0.05, 0.1) is 4.60 Å². The quantitative estimate of drug-likeness (QED) is 0.184. The highest BCUT2D eigenvalue weighted by atomic mass is 79.9. The Kier molecular flexibility index (Phi) is 11.0. The number of likely N-dealkylation sites (N-methyl/N-ethyl adjacent to an activating group) is 2. The predicted octanol–water partition coefficient (Wildman–Crippen LogP) is 6.81. The molecule has 2 aliphatic carbocycles. The summed E-state index contributed by atoms with van der Waals surface area (Å²) in [5.74, 6) is 0.499. The normalized spacial score (nSPS) is 23.4. The molecule has 0 saturated carbocycles. The maximum Gasteiger partial charge on any atom is 0.141 e. The van der Waals surface area contributed by atoms with E-state index in [1.54, 1.807) is 0 Å². The average Bonchev–Trinajstić information content (AvgIpc) is 3.62. The lowest BCUT2D eigenvalue weighted by molar-refractivity contribution is -0.124. The van der Waals surface area contributed by atoms with Crippen molar-refractivity contribution in [3.05, 3.63) is 81.6 Å². The molecule has 8 rings (SSSR count). The Bertz CT molecular complexity index is 2100. The number of hydrogen-bond donors (Lipinski definition) is 2. The van der Waals surface area contributed by atoms with Gasteiger partial charge in [0.15, 0.2) is 0 Å². The number of carbonyl (C=O) groups is 2. The van der Waals surface area contributed by atoms with Gasteiger partial charge < -0.3 is 19.3 Å². The molecular formula is C44H55BrN4O4. The first-order valence-corrected chi connectivity index (χ1v) is 20.2. The molecule has 2 aromatic heterocycles. The molecule has 0 spiro atoms. The van der Waals surface area contributed by atoms with E-state index >= 15 is 0 Å². The third-order valence-corrected chi connectivity index (χ3v) is 13.8. The van der Waals surface area contributed by atoms with E-state index in [-0.39, 0.29) is 48.5 Å². The third-order valence-electron chi connectivity index (χ3n) is 12.8. The molecule has 2 N–H and O–H groups in total. The summed E-state index contributed by atoms with van der Waals surface area (Å²) in [7, 11) is 8.46. The number of fused-ring (bicyclic) bond motifs is 4. The molecule has 0 bridgehead atoms. The summed E-state index contributed by atoms with van der Waals surface area (Å²) in [6.45, 7) is 5.78. The smallest absolute Gasteiger partial charge is 0.141 e. The number of ketones is 2. The SMILES string of the molecule is CCC(CO)CC(=O)C1C=C2c3cccc4c3c(c(Br)n4C)C[C@H]2N(C)C1.CCC(CO)CC(=O)C1C=C2c3cccc4c3c(cn4C)C[C@H]2N(C)C1. The number of benzene rings is 2. The average molecular weight is 784 g/mol. The van der Waals surface area contributed by atoms with E-state index in [1.807, 2.05) is 13.8 Å². The van der Waals surface area contributed by atoms with Crippen LogP contribution in [0, 0.1) is 23.7 Å². The summed E-state index contributed by atoms with van der Waals surface area (Å²) >= 11 is 3.78. The fourth-order valence-corrected chi connectivity index (χ4v) is 9.98. The highest BCUT2D eigenvalue weighted by molar-refractivity contribution is 9.10. The largest absolute Gasteiger partial charge is 0.396 e. The van der Waals surface area contributed by atoms with Crippen molar-refractivity contribution in [1.29, 1.82) is 0 Å². The van der Waals surface area contributed by atoms with Crippen LogP contribution in [-0.4, -0.2) is 93.2 Å². The summed E-state index contributed by atoms with van der Waals surface area (Å²) in [6.07, 6.45) is 11.3. The van der Waals surface area contributed by atoms with Crippen LogP contribution in [0.3, 0.4) is 0 Å². The number of hydrogen-bond acceptors (Lipinski definition) is 6. The number of carbonyl (C=O) groups excluding carboxylic acids is 2.